The third-order valence-electron chi connectivity index (χ3n) is 5.44. The van der Waals surface area contributed by atoms with Crippen molar-refractivity contribution in [2.24, 2.45) is 0 Å². The van der Waals surface area contributed by atoms with Crippen LogP contribution in [0.2, 0.25) is 0 Å². The van der Waals surface area contributed by atoms with Crippen LogP contribution < -0.4 is 0 Å². The molecule has 1 aromatic heterocycles. The van der Waals surface area contributed by atoms with Gasteiger partial charge >= 0.3 is 0 Å². The molecule has 29 heavy (non-hydrogen) atoms. The van der Waals surface area contributed by atoms with Crippen molar-refractivity contribution in [3.05, 3.63) is 77.4 Å². The zero-order valence-corrected chi connectivity index (χ0v) is 16.3. The minimum Gasteiger partial charge on any atom is -0.389 e. The van der Waals surface area contributed by atoms with E-state index >= 15 is 0 Å². The zero-order valence-electron chi connectivity index (χ0n) is 16.3. The van der Waals surface area contributed by atoms with Gasteiger partial charge in [-0.25, -0.2) is 9.07 Å². The van der Waals surface area contributed by atoms with E-state index in [2.05, 4.69) is 10.3 Å². The van der Waals surface area contributed by atoms with E-state index < -0.39 is 5.60 Å². The van der Waals surface area contributed by atoms with Crippen LogP contribution in [0.25, 0.3) is 5.69 Å². The van der Waals surface area contributed by atoms with Gasteiger partial charge in [-0.1, -0.05) is 35.0 Å². The molecule has 1 amide bonds. The fourth-order valence-electron chi connectivity index (χ4n) is 3.63. The van der Waals surface area contributed by atoms with Gasteiger partial charge in [0.15, 0.2) is 5.69 Å². The molecular formula is C22H23FN4O2. The Labute approximate surface area is 168 Å². The molecule has 7 heteroatoms. The highest BCUT2D eigenvalue weighted by atomic mass is 19.1. The quantitative estimate of drug-likeness (QED) is 0.739. The number of hydrogen-bond acceptors (Lipinski definition) is 4. The highest BCUT2D eigenvalue weighted by Crippen LogP contribution is 2.27. The van der Waals surface area contributed by atoms with E-state index in [1.165, 1.54) is 12.1 Å². The fourth-order valence-corrected chi connectivity index (χ4v) is 3.63. The van der Waals surface area contributed by atoms with Crippen LogP contribution in [-0.2, 0) is 6.42 Å². The molecule has 4 rings (SSSR count). The molecule has 3 aromatic rings. The zero-order chi connectivity index (χ0) is 20.4. The standard InChI is InChI=1S/C22H23FN4O2/c1-16-2-8-19(9-3-16)27-15-20(24-25-27)21(28)26-12-10-22(29,11-13-26)14-17-4-6-18(23)7-5-17/h2-9,15,29H,10-14H2,1H3. The predicted molar refractivity (Wildman–Crippen MR) is 106 cm³/mol. The summed E-state index contributed by atoms with van der Waals surface area (Å²) in [5, 5.41) is 19.0. The highest BCUT2D eigenvalue weighted by molar-refractivity contribution is 5.92. The summed E-state index contributed by atoms with van der Waals surface area (Å²) >= 11 is 0. The van der Waals surface area contributed by atoms with Crippen molar-refractivity contribution >= 4 is 5.91 Å². The predicted octanol–water partition coefficient (Wildman–Crippen LogP) is 2.92. The van der Waals surface area contributed by atoms with Crippen molar-refractivity contribution < 1.29 is 14.3 Å². The van der Waals surface area contributed by atoms with E-state index in [0.29, 0.717) is 32.4 Å². The number of carbonyl (C=O) groups excluding carboxylic acids is 1. The van der Waals surface area contributed by atoms with Crippen LogP contribution in [0.15, 0.2) is 54.7 Å². The Bertz CT molecular complexity index is 990. The van der Waals surface area contributed by atoms with Crippen LogP contribution in [0.5, 0.6) is 0 Å². The Kier molecular flexibility index (Phi) is 5.15. The Balaban J connectivity index is 1.39. The molecule has 0 saturated carbocycles. The summed E-state index contributed by atoms with van der Waals surface area (Å²) in [6.45, 7) is 2.88. The number of benzene rings is 2. The van der Waals surface area contributed by atoms with Gasteiger partial charge in [0.05, 0.1) is 17.5 Å². The molecule has 0 atom stereocenters. The number of hydrogen-bond donors (Lipinski definition) is 1. The lowest BCUT2D eigenvalue weighted by Gasteiger charge is -2.38. The molecular weight excluding hydrogens is 371 g/mol. The minimum absolute atomic E-state index is 0.188. The van der Waals surface area contributed by atoms with Gasteiger partial charge in [0.1, 0.15) is 5.82 Å². The molecule has 0 bridgehead atoms. The number of likely N-dealkylation sites (tertiary alicyclic amines) is 1. The average Bonchev–Trinajstić information content (AvgIpc) is 3.20. The normalized spacial score (nSPS) is 16.0. The molecule has 6 nitrogen and oxygen atoms in total. The van der Waals surface area contributed by atoms with E-state index in [-0.39, 0.29) is 17.4 Å². The lowest BCUT2D eigenvalue weighted by molar-refractivity contribution is -0.0163. The van der Waals surface area contributed by atoms with E-state index in [0.717, 1.165) is 16.8 Å². The average molecular weight is 394 g/mol. The SMILES string of the molecule is Cc1ccc(-n2cc(C(=O)N3CCC(O)(Cc4ccc(F)cc4)CC3)nn2)cc1. The van der Waals surface area contributed by atoms with Crippen LogP contribution in [0, 0.1) is 12.7 Å². The first kappa shape index (κ1) is 19.3. The largest absolute Gasteiger partial charge is 0.389 e. The van der Waals surface area contributed by atoms with Crippen molar-refractivity contribution in [2.45, 2.75) is 31.8 Å². The molecule has 1 aliphatic rings. The van der Waals surface area contributed by atoms with E-state index in [9.17, 15) is 14.3 Å². The number of carbonyl (C=O) groups is 1. The van der Waals surface area contributed by atoms with Gasteiger partial charge in [0.2, 0.25) is 0 Å². The minimum atomic E-state index is -0.895. The summed E-state index contributed by atoms with van der Waals surface area (Å²) in [5.74, 6) is -0.480. The second-order valence-corrected chi connectivity index (χ2v) is 7.70. The smallest absolute Gasteiger partial charge is 0.276 e. The van der Waals surface area contributed by atoms with Crippen molar-refractivity contribution in [1.29, 1.82) is 0 Å². The molecule has 2 heterocycles. The molecule has 150 valence electrons. The summed E-state index contributed by atoms with van der Waals surface area (Å²) in [6.07, 6.45) is 3.00. The summed E-state index contributed by atoms with van der Waals surface area (Å²) in [5.41, 5.74) is 2.26. The van der Waals surface area contributed by atoms with Gasteiger partial charge in [-0.3, -0.25) is 4.79 Å². The van der Waals surface area contributed by atoms with Gasteiger partial charge in [-0.15, -0.1) is 5.10 Å². The number of halogens is 1. The molecule has 0 unspecified atom stereocenters. The first-order valence-electron chi connectivity index (χ1n) is 9.67. The van der Waals surface area contributed by atoms with Crippen LogP contribution in [-0.4, -0.2) is 49.6 Å². The molecule has 1 saturated heterocycles. The Morgan fingerprint density at radius 1 is 1.10 bits per heavy atom. The number of piperidine rings is 1. The number of aromatic nitrogens is 3. The maximum atomic E-state index is 13.1. The molecule has 2 aromatic carbocycles. The molecule has 0 spiro atoms. The second kappa shape index (κ2) is 7.75. The Morgan fingerprint density at radius 3 is 2.41 bits per heavy atom. The Morgan fingerprint density at radius 2 is 1.76 bits per heavy atom. The molecule has 0 aliphatic carbocycles. The van der Waals surface area contributed by atoms with Crippen LogP contribution in [0.4, 0.5) is 4.39 Å². The maximum Gasteiger partial charge on any atom is 0.276 e. The van der Waals surface area contributed by atoms with Crippen molar-refractivity contribution in [2.75, 3.05) is 13.1 Å². The first-order chi connectivity index (χ1) is 13.9. The highest BCUT2D eigenvalue weighted by Gasteiger charge is 2.34. The van der Waals surface area contributed by atoms with Crippen LogP contribution >= 0.6 is 0 Å². The second-order valence-electron chi connectivity index (χ2n) is 7.70. The van der Waals surface area contributed by atoms with Crippen molar-refractivity contribution in [3.8, 4) is 5.69 Å². The van der Waals surface area contributed by atoms with Gasteiger partial charge in [0, 0.05) is 19.5 Å². The maximum absolute atomic E-state index is 13.1. The molecule has 0 radical (unpaired) electrons. The molecule has 1 N–H and O–H groups in total. The molecule has 1 aliphatic heterocycles. The van der Waals surface area contributed by atoms with Crippen molar-refractivity contribution in [3.63, 3.8) is 0 Å². The van der Waals surface area contributed by atoms with Crippen molar-refractivity contribution in [1.82, 2.24) is 19.9 Å². The summed E-state index contributed by atoms with van der Waals surface area (Å²) in [7, 11) is 0. The molecule has 1 fully saturated rings. The Hall–Kier alpha value is -3.06. The van der Waals surface area contributed by atoms with Gasteiger partial charge in [0.25, 0.3) is 5.91 Å². The summed E-state index contributed by atoms with van der Waals surface area (Å²) < 4.78 is 14.7. The van der Waals surface area contributed by atoms with Gasteiger partial charge < -0.3 is 10.0 Å². The van der Waals surface area contributed by atoms with E-state index in [4.69, 9.17) is 0 Å². The number of amides is 1. The fraction of sp³-hybridized carbons (Fsp3) is 0.318. The first-order valence-corrected chi connectivity index (χ1v) is 9.67. The number of aliphatic hydroxyl groups is 1. The monoisotopic (exact) mass is 394 g/mol. The van der Waals surface area contributed by atoms with E-state index in [1.54, 1.807) is 27.9 Å². The summed E-state index contributed by atoms with van der Waals surface area (Å²) in [4.78, 5) is 14.5. The van der Waals surface area contributed by atoms with Gasteiger partial charge in [-0.2, -0.15) is 0 Å². The third-order valence-corrected chi connectivity index (χ3v) is 5.44. The summed E-state index contributed by atoms with van der Waals surface area (Å²) in [6, 6.07) is 14.0. The lowest BCUT2D eigenvalue weighted by atomic mass is 9.85. The van der Waals surface area contributed by atoms with Crippen LogP contribution in [0.3, 0.4) is 0 Å². The number of rotatable bonds is 4. The number of aryl methyl sites for hydroxylation is 1. The van der Waals surface area contributed by atoms with Crippen LogP contribution in [0.1, 0.15) is 34.5 Å². The van der Waals surface area contributed by atoms with E-state index in [1.807, 2.05) is 31.2 Å². The third kappa shape index (κ3) is 4.35. The number of nitrogens with zero attached hydrogens (tertiary/aromatic N) is 4. The topological polar surface area (TPSA) is 71.2 Å². The lowest BCUT2D eigenvalue weighted by Crippen LogP contribution is -2.47. The van der Waals surface area contributed by atoms with Gasteiger partial charge in [-0.05, 0) is 49.6 Å².